The van der Waals surface area contributed by atoms with Crippen LogP contribution in [0.3, 0.4) is 0 Å². The lowest BCUT2D eigenvalue weighted by Gasteiger charge is -2.31. The van der Waals surface area contributed by atoms with Gasteiger partial charge in [-0.2, -0.15) is 0 Å². The van der Waals surface area contributed by atoms with Crippen LogP contribution in [0.25, 0.3) is 0 Å². The van der Waals surface area contributed by atoms with Crippen LogP contribution in [0.4, 0.5) is 5.69 Å². The molecule has 0 bridgehead atoms. The molecule has 1 aliphatic heterocycles. The van der Waals surface area contributed by atoms with Gasteiger partial charge in [0.25, 0.3) is 5.91 Å². The number of methoxy groups -OCH3 is 2. The number of hydrogen-bond acceptors (Lipinski definition) is 4. The van der Waals surface area contributed by atoms with Crippen molar-refractivity contribution in [1.82, 2.24) is 0 Å². The third-order valence-electron chi connectivity index (χ3n) is 3.71. The van der Waals surface area contributed by atoms with Gasteiger partial charge in [-0.15, -0.1) is 0 Å². The molecule has 2 rings (SSSR count). The smallest absolute Gasteiger partial charge is 0.279 e. The molecule has 0 saturated carbocycles. The molecule has 0 unspecified atom stereocenters. The van der Waals surface area contributed by atoms with E-state index in [1.165, 1.54) is 4.90 Å². The Bertz CT molecular complexity index is 511. The molecule has 2 atom stereocenters. The highest BCUT2D eigenvalue weighted by atomic mass is 16.5. The van der Waals surface area contributed by atoms with Crippen LogP contribution in [0.2, 0.25) is 0 Å². The zero-order chi connectivity index (χ0) is 16.1. The molecule has 122 valence electrons. The normalized spacial score (nSPS) is 24.6. The van der Waals surface area contributed by atoms with E-state index in [0.29, 0.717) is 23.7 Å². The molecule has 6 heteroatoms. The first kappa shape index (κ1) is 16.6. The van der Waals surface area contributed by atoms with E-state index in [1.807, 2.05) is 13.8 Å². The third-order valence-corrected chi connectivity index (χ3v) is 3.71. The van der Waals surface area contributed by atoms with Crippen molar-refractivity contribution in [3.8, 4) is 11.5 Å². The van der Waals surface area contributed by atoms with Gasteiger partial charge >= 0.3 is 0 Å². The first-order chi connectivity index (χ1) is 10.5. The van der Waals surface area contributed by atoms with Crippen molar-refractivity contribution >= 4 is 11.6 Å². The predicted octanol–water partition coefficient (Wildman–Crippen LogP) is 0.334. The molecular weight excluding hydrogens is 284 g/mol. The topological polar surface area (TPSA) is 61.2 Å². The second kappa shape index (κ2) is 7.47. The van der Waals surface area contributed by atoms with Gasteiger partial charge in [0.1, 0.15) is 36.8 Å². The number of amides is 1. The summed E-state index contributed by atoms with van der Waals surface area (Å²) in [6.07, 6.45) is 0.365. The SMILES string of the molecule is COc1ccc(NC(=O)C[NH+]2C[C@@H](C)O[C@H](C)C2)c(OC)c1. The Morgan fingerprint density at radius 2 is 1.95 bits per heavy atom. The highest BCUT2D eigenvalue weighted by molar-refractivity contribution is 5.93. The number of ether oxygens (including phenoxy) is 3. The lowest BCUT2D eigenvalue weighted by atomic mass is 10.2. The second-order valence-electron chi connectivity index (χ2n) is 5.71. The summed E-state index contributed by atoms with van der Waals surface area (Å²) in [6.45, 7) is 6.20. The molecule has 6 nitrogen and oxygen atoms in total. The lowest BCUT2D eigenvalue weighted by molar-refractivity contribution is -0.907. The molecule has 1 aliphatic rings. The summed E-state index contributed by atoms with van der Waals surface area (Å²) in [6, 6.07) is 5.33. The van der Waals surface area contributed by atoms with Crippen molar-refractivity contribution in [2.24, 2.45) is 0 Å². The van der Waals surface area contributed by atoms with Crippen LogP contribution in [-0.4, -0.2) is 52.0 Å². The first-order valence-electron chi connectivity index (χ1n) is 7.52. The largest absolute Gasteiger partial charge is 0.497 e. The van der Waals surface area contributed by atoms with E-state index in [-0.39, 0.29) is 18.1 Å². The second-order valence-corrected chi connectivity index (χ2v) is 5.71. The van der Waals surface area contributed by atoms with E-state index in [0.717, 1.165) is 13.1 Å². The summed E-state index contributed by atoms with van der Waals surface area (Å²) in [5.74, 6) is 1.25. The Hall–Kier alpha value is -1.79. The average molecular weight is 309 g/mol. The van der Waals surface area contributed by atoms with Crippen LogP contribution in [0, 0.1) is 0 Å². The number of anilines is 1. The molecule has 22 heavy (non-hydrogen) atoms. The summed E-state index contributed by atoms with van der Waals surface area (Å²) in [7, 11) is 3.16. The Balaban J connectivity index is 1.97. The Labute approximate surface area is 131 Å². The molecule has 0 spiro atoms. The van der Waals surface area contributed by atoms with Gasteiger partial charge in [0.15, 0.2) is 6.54 Å². The summed E-state index contributed by atoms with van der Waals surface area (Å²) in [5.41, 5.74) is 0.655. The fourth-order valence-corrected chi connectivity index (χ4v) is 2.86. The number of rotatable bonds is 5. The van der Waals surface area contributed by atoms with Crippen LogP contribution in [0.5, 0.6) is 11.5 Å². The average Bonchev–Trinajstić information content (AvgIpc) is 2.46. The molecule has 1 aromatic carbocycles. The van der Waals surface area contributed by atoms with Crippen molar-refractivity contribution in [2.45, 2.75) is 26.1 Å². The summed E-state index contributed by atoms with van der Waals surface area (Å²) in [4.78, 5) is 13.5. The van der Waals surface area contributed by atoms with Crippen LogP contribution in [-0.2, 0) is 9.53 Å². The van der Waals surface area contributed by atoms with Gasteiger partial charge in [-0.1, -0.05) is 0 Å². The molecule has 1 aromatic rings. The van der Waals surface area contributed by atoms with Crippen LogP contribution in [0.15, 0.2) is 18.2 Å². The fourth-order valence-electron chi connectivity index (χ4n) is 2.86. The van der Waals surface area contributed by atoms with Gasteiger partial charge in [0, 0.05) is 6.07 Å². The number of carbonyl (C=O) groups excluding carboxylic acids is 1. The van der Waals surface area contributed by atoms with Crippen molar-refractivity contribution in [1.29, 1.82) is 0 Å². The molecule has 1 fully saturated rings. The van der Waals surface area contributed by atoms with Crippen molar-refractivity contribution in [2.75, 3.05) is 39.2 Å². The highest BCUT2D eigenvalue weighted by Gasteiger charge is 2.27. The van der Waals surface area contributed by atoms with E-state index >= 15 is 0 Å². The maximum absolute atomic E-state index is 12.3. The zero-order valence-electron chi connectivity index (χ0n) is 13.6. The standard InChI is InChI=1S/C16H24N2O4/c1-11-8-18(9-12(2)22-11)10-16(19)17-14-6-5-13(20-3)7-15(14)21-4/h5-7,11-12H,8-10H2,1-4H3,(H,17,19)/p+1/t11-,12-/m1/s1. The van der Waals surface area contributed by atoms with Crippen molar-refractivity contribution in [3.05, 3.63) is 18.2 Å². The zero-order valence-corrected chi connectivity index (χ0v) is 13.6. The van der Waals surface area contributed by atoms with Gasteiger partial charge in [-0.25, -0.2) is 0 Å². The van der Waals surface area contributed by atoms with Gasteiger partial charge in [0.2, 0.25) is 0 Å². The Kier molecular flexibility index (Phi) is 5.63. The number of nitrogens with one attached hydrogen (secondary N) is 2. The maximum Gasteiger partial charge on any atom is 0.279 e. The van der Waals surface area contributed by atoms with Crippen LogP contribution in [0.1, 0.15) is 13.8 Å². The molecule has 1 heterocycles. The fraction of sp³-hybridized carbons (Fsp3) is 0.562. The van der Waals surface area contributed by atoms with E-state index < -0.39 is 0 Å². The van der Waals surface area contributed by atoms with Gasteiger partial charge in [-0.3, -0.25) is 4.79 Å². The molecule has 0 aromatic heterocycles. The van der Waals surface area contributed by atoms with E-state index in [1.54, 1.807) is 32.4 Å². The number of hydrogen-bond donors (Lipinski definition) is 2. The van der Waals surface area contributed by atoms with Crippen molar-refractivity contribution < 1.29 is 23.9 Å². The lowest BCUT2D eigenvalue weighted by Crippen LogP contribution is -3.16. The monoisotopic (exact) mass is 309 g/mol. The molecule has 1 amide bonds. The summed E-state index contributed by atoms with van der Waals surface area (Å²) < 4.78 is 16.1. The third kappa shape index (κ3) is 4.35. The number of quaternary nitrogens is 1. The number of morpholine rings is 1. The number of carbonyl (C=O) groups is 1. The minimum Gasteiger partial charge on any atom is -0.497 e. The maximum atomic E-state index is 12.3. The summed E-state index contributed by atoms with van der Waals surface area (Å²) >= 11 is 0. The quantitative estimate of drug-likeness (QED) is 0.823. The van der Waals surface area contributed by atoms with Crippen molar-refractivity contribution in [3.63, 3.8) is 0 Å². The minimum atomic E-state index is -0.0280. The highest BCUT2D eigenvalue weighted by Crippen LogP contribution is 2.28. The minimum absolute atomic E-state index is 0.0280. The number of benzene rings is 1. The molecule has 0 aliphatic carbocycles. The molecule has 0 radical (unpaired) electrons. The van der Waals surface area contributed by atoms with Gasteiger partial charge in [-0.05, 0) is 26.0 Å². The Morgan fingerprint density at radius 3 is 2.55 bits per heavy atom. The molecule has 1 saturated heterocycles. The predicted molar refractivity (Wildman–Crippen MR) is 83.7 cm³/mol. The van der Waals surface area contributed by atoms with Crippen LogP contribution < -0.4 is 19.7 Å². The van der Waals surface area contributed by atoms with Gasteiger partial charge in [0.05, 0.1) is 19.9 Å². The van der Waals surface area contributed by atoms with Gasteiger partial charge < -0.3 is 24.4 Å². The van der Waals surface area contributed by atoms with E-state index in [4.69, 9.17) is 14.2 Å². The Morgan fingerprint density at radius 1 is 1.27 bits per heavy atom. The van der Waals surface area contributed by atoms with E-state index in [2.05, 4.69) is 5.32 Å². The molecular formula is C16H25N2O4+. The summed E-state index contributed by atoms with van der Waals surface area (Å²) in [5, 5.41) is 2.91. The first-order valence-corrected chi connectivity index (χ1v) is 7.52. The van der Waals surface area contributed by atoms with Crippen LogP contribution >= 0.6 is 0 Å². The molecule has 2 N–H and O–H groups in total. The van der Waals surface area contributed by atoms with E-state index in [9.17, 15) is 4.79 Å².